The second-order valence-electron chi connectivity index (χ2n) is 7.32. The lowest BCUT2D eigenvalue weighted by molar-refractivity contribution is 0.265. The van der Waals surface area contributed by atoms with Crippen LogP contribution in [0.5, 0.6) is 5.75 Å². The number of ether oxygens (including phenoxy) is 1. The fourth-order valence-corrected chi connectivity index (χ4v) is 3.61. The first-order chi connectivity index (χ1) is 14.7. The molecule has 0 saturated carbocycles. The molecule has 0 spiro atoms. The Kier molecular flexibility index (Phi) is 4.55. The number of hydrogen-bond acceptors (Lipinski definition) is 6. The van der Waals surface area contributed by atoms with Gasteiger partial charge in [-0.15, -0.1) is 0 Å². The molecule has 7 nitrogen and oxygen atoms in total. The van der Waals surface area contributed by atoms with Gasteiger partial charge in [-0.3, -0.25) is 0 Å². The molecule has 5 rings (SSSR count). The quantitative estimate of drug-likeness (QED) is 0.553. The highest BCUT2D eigenvalue weighted by atomic mass is 16.5. The van der Waals surface area contributed by atoms with Crippen molar-refractivity contribution < 1.29 is 4.74 Å². The molecule has 0 radical (unpaired) electrons. The number of fused-ring (bicyclic) bond motifs is 1. The zero-order chi connectivity index (χ0) is 20.5. The number of anilines is 3. The molecule has 1 atom stereocenters. The van der Waals surface area contributed by atoms with Crippen LogP contribution in [-0.2, 0) is 0 Å². The maximum atomic E-state index is 5.93. The molecule has 0 saturated heterocycles. The van der Waals surface area contributed by atoms with Gasteiger partial charge in [0.25, 0.3) is 0 Å². The summed E-state index contributed by atoms with van der Waals surface area (Å²) in [5.41, 5.74) is 4.14. The van der Waals surface area contributed by atoms with Crippen LogP contribution in [-0.4, -0.2) is 33.2 Å². The van der Waals surface area contributed by atoms with Crippen LogP contribution in [0, 0.1) is 6.92 Å². The van der Waals surface area contributed by atoms with Crippen molar-refractivity contribution in [3.63, 3.8) is 0 Å². The van der Waals surface area contributed by atoms with E-state index in [1.807, 2.05) is 73.5 Å². The van der Waals surface area contributed by atoms with Crippen LogP contribution in [0.15, 0.2) is 73.3 Å². The Morgan fingerprint density at radius 2 is 1.83 bits per heavy atom. The lowest BCUT2D eigenvalue weighted by Crippen LogP contribution is -2.34. The molecular weight excluding hydrogens is 376 g/mol. The van der Waals surface area contributed by atoms with Crippen LogP contribution in [0.3, 0.4) is 0 Å². The van der Waals surface area contributed by atoms with Crippen molar-refractivity contribution in [1.82, 2.24) is 19.5 Å². The number of imidazole rings is 1. The van der Waals surface area contributed by atoms with E-state index in [0.29, 0.717) is 18.3 Å². The third-order valence-corrected chi connectivity index (χ3v) is 5.25. The second kappa shape index (κ2) is 7.51. The van der Waals surface area contributed by atoms with Crippen LogP contribution in [0.2, 0.25) is 0 Å². The van der Waals surface area contributed by atoms with Gasteiger partial charge in [0.15, 0.2) is 11.6 Å². The Hall–Kier alpha value is -3.87. The van der Waals surface area contributed by atoms with Crippen molar-refractivity contribution in [3.05, 3.63) is 84.6 Å². The van der Waals surface area contributed by atoms with Gasteiger partial charge in [0, 0.05) is 24.6 Å². The number of hydrogen-bond donors (Lipinski definition) is 1. The minimum absolute atomic E-state index is 0.111. The van der Waals surface area contributed by atoms with Crippen LogP contribution < -0.4 is 15.0 Å². The van der Waals surface area contributed by atoms with E-state index in [4.69, 9.17) is 9.72 Å². The summed E-state index contributed by atoms with van der Waals surface area (Å²) < 4.78 is 7.92. The van der Waals surface area contributed by atoms with Crippen molar-refractivity contribution in [2.75, 3.05) is 23.9 Å². The van der Waals surface area contributed by atoms with Gasteiger partial charge in [-0.05, 0) is 36.8 Å². The van der Waals surface area contributed by atoms with Gasteiger partial charge in [-0.2, -0.15) is 4.98 Å². The highest BCUT2D eigenvalue weighted by Gasteiger charge is 2.28. The Labute approximate surface area is 175 Å². The molecule has 0 aliphatic carbocycles. The van der Waals surface area contributed by atoms with Crippen LogP contribution in [0.1, 0.15) is 17.3 Å². The number of likely N-dealkylation sites (N-methyl/N-ethyl adjacent to an activating group) is 1. The number of benzene rings is 2. The SMILES string of the molecule is Cc1cn(-c2ccc(Nc3ncc4c(n3)N(C)C(c3ccccc3)CO4)cc2)cn1. The number of rotatable bonds is 4. The van der Waals surface area contributed by atoms with E-state index in [-0.39, 0.29) is 6.04 Å². The topological polar surface area (TPSA) is 68.1 Å². The smallest absolute Gasteiger partial charge is 0.229 e. The molecular formula is C23H22N6O. The van der Waals surface area contributed by atoms with Gasteiger partial charge < -0.3 is 19.5 Å². The molecule has 4 aromatic rings. The van der Waals surface area contributed by atoms with Crippen molar-refractivity contribution in [3.8, 4) is 11.4 Å². The Balaban J connectivity index is 1.36. The van der Waals surface area contributed by atoms with Gasteiger partial charge in [0.1, 0.15) is 6.61 Å². The molecule has 2 aromatic carbocycles. The Morgan fingerprint density at radius 1 is 1.03 bits per heavy atom. The largest absolute Gasteiger partial charge is 0.486 e. The summed E-state index contributed by atoms with van der Waals surface area (Å²) in [5, 5.41) is 3.28. The molecule has 7 heteroatoms. The zero-order valence-corrected chi connectivity index (χ0v) is 16.9. The van der Waals surface area contributed by atoms with E-state index in [9.17, 15) is 0 Å². The molecule has 150 valence electrons. The predicted octanol–water partition coefficient (Wildman–Crippen LogP) is 4.28. The molecule has 0 amide bonds. The van der Waals surface area contributed by atoms with Crippen LogP contribution in [0.4, 0.5) is 17.5 Å². The fraction of sp³-hybridized carbons (Fsp3) is 0.174. The summed E-state index contributed by atoms with van der Waals surface area (Å²) in [5.74, 6) is 2.00. The van der Waals surface area contributed by atoms with Crippen molar-refractivity contribution in [2.24, 2.45) is 0 Å². The van der Waals surface area contributed by atoms with E-state index in [0.717, 1.165) is 22.9 Å². The molecule has 1 aliphatic rings. The van der Waals surface area contributed by atoms with Gasteiger partial charge in [0.05, 0.1) is 24.3 Å². The third-order valence-electron chi connectivity index (χ3n) is 5.25. The summed E-state index contributed by atoms with van der Waals surface area (Å²) >= 11 is 0. The fourth-order valence-electron chi connectivity index (χ4n) is 3.61. The first-order valence-corrected chi connectivity index (χ1v) is 9.83. The minimum atomic E-state index is 0.111. The van der Waals surface area contributed by atoms with Crippen LogP contribution >= 0.6 is 0 Å². The highest BCUT2D eigenvalue weighted by Crippen LogP contribution is 2.37. The average molecular weight is 398 g/mol. The second-order valence-corrected chi connectivity index (χ2v) is 7.32. The first-order valence-electron chi connectivity index (χ1n) is 9.83. The maximum Gasteiger partial charge on any atom is 0.229 e. The third kappa shape index (κ3) is 3.45. The number of aromatic nitrogens is 4. The highest BCUT2D eigenvalue weighted by molar-refractivity contribution is 5.61. The maximum absolute atomic E-state index is 5.93. The molecule has 3 heterocycles. The summed E-state index contributed by atoms with van der Waals surface area (Å²) in [7, 11) is 2.04. The summed E-state index contributed by atoms with van der Waals surface area (Å²) in [4.78, 5) is 15.5. The van der Waals surface area contributed by atoms with E-state index in [1.54, 1.807) is 6.20 Å². The monoisotopic (exact) mass is 398 g/mol. The van der Waals surface area contributed by atoms with Crippen molar-refractivity contribution in [2.45, 2.75) is 13.0 Å². The first kappa shape index (κ1) is 18.2. The van der Waals surface area contributed by atoms with E-state index < -0.39 is 0 Å². The van der Waals surface area contributed by atoms with Gasteiger partial charge >= 0.3 is 0 Å². The van der Waals surface area contributed by atoms with E-state index in [1.165, 1.54) is 5.56 Å². The molecule has 1 N–H and O–H groups in total. The van der Waals surface area contributed by atoms with Gasteiger partial charge in [-0.1, -0.05) is 30.3 Å². The predicted molar refractivity (Wildman–Crippen MR) is 117 cm³/mol. The molecule has 1 aliphatic heterocycles. The standard InChI is InChI=1S/C23H22N6O/c1-16-13-29(15-25-16)19-10-8-18(9-11-19)26-23-24-12-21-22(27-23)28(2)20(14-30-21)17-6-4-3-5-7-17/h3-13,15,20H,14H2,1-2H3,(H,24,26,27). The van der Waals surface area contributed by atoms with Gasteiger partial charge in [0.2, 0.25) is 5.95 Å². The zero-order valence-electron chi connectivity index (χ0n) is 16.9. The number of aryl methyl sites for hydroxylation is 1. The number of nitrogens with one attached hydrogen (secondary N) is 1. The van der Waals surface area contributed by atoms with Crippen molar-refractivity contribution >= 4 is 17.5 Å². The van der Waals surface area contributed by atoms with E-state index in [2.05, 4.69) is 32.3 Å². The average Bonchev–Trinajstić information content (AvgIpc) is 3.22. The minimum Gasteiger partial charge on any atom is -0.486 e. The lowest BCUT2D eigenvalue weighted by atomic mass is 10.1. The molecule has 1 unspecified atom stereocenters. The number of nitrogens with zero attached hydrogens (tertiary/aromatic N) is 5. The lowest BCUT2D eigenvalue weighted by Gasteiger charge is -2.34. The van der Waals surface area contributed by atoms with Crippen LogP contribution in [0.25, 0.3) is 5.69 Å². The molecule has 30 heavy (non-hydrogen) atoms. The molecule has 0 bridgehead atoms. The molecule has 2 aromatic heterocycles. The Bertz CT molecular complexity index is 1160. The van der Waals surface area contributed by atoms with Gasteiger partial charge in [-0.25, -0.2) is 9.97 Å². The van der Waals surface area contributed by atoms with Crippen molar-refractivity contribution in [1.29, 1.82) is 0 Å². The molecule has 0 fully saturated rings. The summed E-state index contributed by atoms with van der Waals surface area (Å²) in [6, 6.07) is 18.5. The summed E-state index contributed by atoms with van der Waals surface area (Å²) in [6.45, 7) is 2.54. The summed E-state index contributed by atoms with van der Waals surface area (Å²) in [6.07, 6.45) is 5.53. The normalized spacial score (nSPS) is 15.4. The van der Waals surface area contributed by atoms with E-state index >= 15 is 0 Å². The Morgan fingerprint density at radius 3 is 2.57 bits per heavy atom.